The van der Waals surface area contributed by atoms with E-state index in [9.17, 15) is 9.59 Å². The number of hydrogen-bond donors (Lipinski definition) is 2. The topological polar surface area (TPSA) is 101 Å². The number of aromatic nitrogens is 1. The van der Waals surface area contributed by atoms with Crippen LogP contribution in [0.5, 0.6) is 0 Å². The highest BCUT2D eigenvalue weighted by Gasteiger charge is 2.59. The van der Waals surface area contributed by atoms with E-state index >= 15 is 0 Å². The van der Waals surface area contributed by atoms with Crippen molar-refractivity contribution in [1.82, 2.24) is 15.4 Å². The third-order valence-electron chi connectivity index (χ3n) is 6.41. The Morgan fingerprint density at radius 2 is 2.11 bits per heavy atom. The minimum absolute atomic E-state index is 0.0211. The number of carbonyl (C=O) groups is 2. The van der Waals surface area contributed by atoms with Gasteiger partial charge in [0, 0.05) is 30.6 Å². The summed E-state index contributed by atoms with van der Waals surface area (Å²) in [7, 11) is 0. The van der Waals surface area contributed by atoms with E-state index in [2.05, 4.69) is 43.1 Å². The molecule has 2 fully saturated rings. The molecule has 0 saturated carbocycles. The SMILES string of the molecule is CC(C)CC[C@]1(C(=O)NCC(N)=O)C[C@H]2CC[C@@H]1N2Cc1cc(C(C)C)on1. The fraction of sp³-hybridized carbons (Fsp3) is 0.762. The Balaban J connectivity index is 1.79. The van der Waals surface area contributed by atoms with Crippen molar-refractivity contribution in [3.8, 4) is 0 Å². The van der Waals surface area contributed by atoms with Crippen LogP contribution >= 0.6 is 0 Å². The van der Waals surface area contributed by atoms with Crippen LogP contribution in [0.3, 0.4) is 0 Å². The highest BCUT2D eigenvalue weighted by molar-refractivity contribution is 5.88. The van der Waals surface area contributed by atoms with Crippen molar-refractivity contribution in [3.05, 3.63) is 17.5 Å². The first-order chi connectivity index (χ1) is 13.2. The van der Waals surface area contributed by atoms with E-state index in [4.69, 9.17) is 10.3 Å². The molecule has 2 saturated heterocycles. The van der Waals surface area contributed by atoms with Crippen molar-refractivity contribution in [2.24, 2.45) is 17.1 Å². The Bertz CT molecular complexity index is 714. The lowest BCUT2D eigenvalue weighted by atomic mass is 9.69. The van der Waals surface area contributed by atoms with Gasteiger partial charge in [0.25, 0.3) is 0 Å². The summed E-state index contributed by atoms with van der Waals surface area (Å²) in [6.45, 7) is 9.15. The summed E-state index contributed by atoms with van der Waals surface area (Å²) < 4.78 is 5.46. The molecule has 0 radical (unpaired) electrons. The van der Waals surface area contributed by atoms with E-state index in [0.717, 1.165) is 43.6 Å². The van der Waals surface area contributed by atoms with Crippen LogP contribution in [0.15, 0.2) is 10.6 Å². The first-order valence-corrected chi connectivity index (χ1v) is 10.5. The lowest BCUT2D eigenvalue weighted by molar-refractivity contribution is -0.135. The standard InChI is InChI=1S/C21H34N4O3/c1-13(2)7-8-21(20(27)23-11-19(22)26)10-16-5-6-18(21)25(16)12-15-9-17(14(3)4)28-24-15/h9,13-14,16,18H,5-8,10-12H2,1-4H3,(H2,22,26)(H,23,27)/t16-,18+,21+/m1/s1. The maximum absolute atomic E-state index is 13.2. The van der Waals surface area contributed by atoms with Crippen LogP contribution in [0.2, 0.25) is 0 Å². The smallest absolute Gasteiger partial charge is 0.236 e. The van der Waals surface area contributed by atoms with Crippen molar-refractivity contribution in [2.45, 2.75) is 84.3 Å². The number of nitrogens with one attached hydrogen (secondary N) is 1. The van der Waals surface area contributed by atoms with Gasteiger partial charge >= 0.3 is 0 Å². The number of hydrogen-bond acceptors (Lipinski definition) is 5. The summed E-state index contributed by atoms with van der Waals surface area (Å²) in [5.41, 5.74) is 5.73. The second kappa shape index (κ2) is 8.23. The predicted molar refractivity (Wildman–Crippen MR) is 106 cm³/mol. The van der Waals surface area contributed by atoms with Gasteiger partial charge < -0.3 is 15.6 Å². The van der Waals surface area contributed by atoms with Crippen molar-refractivity contribution in [2.75, 3.05) is 6.54 Å². The van der Waals surface area contributed by atoms with Crippen molar-refractivity contribution >= 4 is 11.8 Å². The van der Waals surface area contributed by atoms with E-state index < -0.39 is 11.3 Å². The fourth-order valence-electron chi connectivity index (χ4n) is 4.92. The van der Waals surface area contributed by atoms with Crippen LogP contribution in [0.4, 0.5) is 0 Å². The van der Waals surface area contributed by atoms with Crippen LogP contribution in [0.25, 0.3) is 0 Å². The van der Waals surface area contributed by atoms with Gasteiger partial charge in [0.15, 0.2) is 0 Å². The summed E-state index contributed by atoms with van der Waals surface area (Å²) >= 11 is 0. The molecule has 1 aromatic heterocycles. The van der Waals surface area contributed by atoms with Crippen LogP contribution in [0, 0.1) is 11.3 Å². The van der Waals surface area contributed by atoms with Crippen molar-refractivity contribution in [1.29, 1.82) is 0 Å². The Morgan fingerprint density at radius 1 is 1.36 bits per heavy atom. The predicted octanol–water partition coefficient (Wildman–Crippen LogP) is 2.56. The van der Waals surface area contributed by atoms with Crippen LogP contribution < -0.4 is 11.1 Å². The van der Waals surface area contributed by atoms with E-state index in [1.54, 1.807) is 0 Å². The Hall–Kier alpha value is -1.89. The second-order valence-corrected chi connectivity index (χ2v) is 9.24. The minimum atomic E-state index is -0.504. The Morgan fingerprint density at radius 3 is 2.71 bits per heavy atom. The average Bonchev–Trinajstić information content (AvgIpc) is 3.32. The molecule has 2 aliphatic rings. The Kier molecular flexibility index (Phi) is 6.12. The molecule has 0 aromatic carbocycles. The largest absolute Gasteiger partial charge is 0.368 e. The van der Waals surface area contributed by atoms with Gasteiger partial charge in [-0.1, -0.05) is 32.9 Å². The van der Waals surface area contributed by atoms with E-state index in [1.807, 2.05) is 6.07 Å². The lowest BCUT2D eigenvalue weighted by Crippen LogP contribution is -2.50. The van der Waals surface area contributed by atoms with Gasteiger partial charge in [0.05, 0.1) is 17.7 Å². The maximum Gasteiger partial charge on any atom is 0.236 e. The molecule has 3 N–H and O–H groups in total. The molecule has 0 aliphatic carbocycles. The molecule has 156 valence electrons. The summed E-state index contributed by atoms with van der Waals surface area (Å²) in [6, 6.07) is 2.57. The molecule has 2 amide bonds. The number of primary amides is 1. The molecule has 1 aromatic rings. The molecule has 7 heteroatoms. The number of nitrogens with two attached hydrogens (primary N) is 1. The third kappa shape index (κ3) is 4.09. The van der Waals surface area contributed by atoms with E-state index in [1.165, 1.54) is 0 Å². The zero-order valence-corrected chi connectivity index (χ0v) is 17.5. The van der Waals surface area contributed by atoms with Gasteiger partial charge in [0.1, 0.15) is 5.76 Å². The third-order valence-corrected chi connectivity index (χ3v) is 6.41. The monoisotopic (exact) mass is 390 g/mol. The van der Waals surface area contributed by atoms with Crippen molar-refractivity contribution < 1.29 is 14.1 Å². The van der Waals surface area contributed by atoms with Crippen molar-refractivity contribution in [3.63, 3.8) is 0 Å². The molecule has 2 bridgehead atoms. The van der Waals surface area contributed by atoms with Gasteiger partial charge in [-0.2, -0.15) is 0 Å². The van der Waals surface area contributed by atoms with Gasteiger partial charge in [0.2, 0.25) is 11.8 Å². The number of nitrogens with zero attached hydrogens (tertiary/aromatic N) is 2. The molecular formula is C21H34N4O3. The quantitative estimate of drug-likeness (QED) is 0.675. The zero-order chi connectivity index (χ0) is 20.5. The van der Waals surface area contributed by atoms with Gasteiger partial charge in [-0.3, -0.25) is 14.5 Å². The molecule has 3 atom stereocenters. The molecule has 3 rings (SSSR count). The van der Waals surface area contributed by atoms with Gasteiger partial charge in [-0.05, 0) is 38.0 Å². The fourth-order valence-corrected chi connectivity index (χ4v) is 4.92. The highest BCUT2D eigenvalue weighted by Crippen LogP contribution is 2.53. The first kappa shape index (κ1) is 20.8. The minimum Gasteiger partial charge on any atom is -0.368 e. The molecule has 7 nitrogen and oxygen atoms in total. The number of fused-ring (bicyclic) bond motifs is 2. The van der Waals surface area contributed by atoms with Crippen LogP contribution in [0.1, 0.15) is 77.2 Å². The zero-order valence-electron chi connectivity index (χ0n) is 17.5. The van der Waals surface area contributed by atoms with Gasteiger partial charge in [-0.15, -0.1) is 0 Å². The normalized spacial score (nSPS) is 27.1. The number of rotatable bonds is 9. The molecule has 0 unspecified atom stereocenters. The second-order valence-electron chi connectivity index (χ2n) is 9.24. The van der Waals surface area contributed by atoms with Gasteiger partial charge in [-0.25, -0.2) is 0 Å². The highest BCUT2D eigenvalue weighted by atomic mass is 16.5. The average molecular weight is 391 g/mol. The van der Waals surface area contributed by atoms with Crippen LogP contribution in [-0.4, -0.2) is 40.5 Å². The molecule has 2 aliphatic heterocycles. The molecule has 28 heavy (non-hydrogen) atoms. The lowest BCUT2D eigenvalue weighted by Gasteiger charge is -2.37. The summed E-state index contributed by atoms with van der Waals surface area (Å²) in [5.74, 6) is 1.20. The maximum atomic E-state index is 13.2. The summed E-state index contributed by atoms with van der Waals surface area (Å²) in [4.78, 5) is 26.8. The molecular weight excluding hydrogens is 356 g/mol. The number of carbonyl (C=O) groups excluding carboxylic acids is 2. The van der Waals surface area contributed by atoms with Crippen LogP contribution in [-0.2, 0) is 16.1 Å². The molecule has 0 spiro atoms. The number of amides is 2. The Labute approximate surface area is 167 Å². The summed E-state index contributed by atoms with van der Waals surface area (Å²) in [6.07, 6.45) is 4.77. The first-order valence-electron chi connectivity index (χ1n) is 10.5. The molecule has 3 heterocycles. The van der Waals surface area contributed by atoms with E-state index in [-0.39, 0.29) is 18.5 Å². The summed E-state index contributed by atoms with van der Waals surface area (Å²) in [5, 5.41) is 7.05. The van der Waals surface area contributed by atoms with E-state index in [0.29, 0.717) is 24.4 Å².